The van der Waals surface area contributed by atoms with E-state index >= 15 is 0 Å². The van der Waals surface area contributed by atoms with Gasteiger partial charge in [-0.05, 0) is 31.5 Å². The highest BCUT2D eigenvalue weighted by atomic mass is 35.5. The highest BCUT2D eigenvalue weighted by molar-refractivity contribution is 6.30. The summed E-state index contributed by atoms with van der Waals surface area (Å²) in [6, 6.07) is 9.50. The summed E-state index contributed by atoms with van der Waals surface area (Å²) in [6.07, 6.45) is 0.367. The summed E-state index contributed by atoms with van der Waals surface area (Å²) in [4.78, 5) is 30.6. The Hall–Kier alpha value is -2.10. The Morgan fingerprint density at radius 3 is 2.41 bits per heavy atom. The third-order valence-electron chi connectivity index (χ3n) is 4.80. The standard InChI is InChI=1S/C20H27ClN4O2/c1-3-24(14-16(2)13-22)20(27)15-23-8-10-25(11-9-23)19(26)12-17-4-6-18(21)7-5-17/h4-7,16H,3,8-12,14-15H2,1-2H3. The van der Waals surface area contributed by atoms with Crippen LogP contribution in [0, 0.1) is 17.2 Å². The van der Waals surface area contributed by atoms with E-state index in [4.69, 9.17) is 16.9 Å². The molecule has 0 aliphatic carbocycles. The molecule has 0 saturated carbocycles. The molecule has 1 aliphatic rings. The van der Waals surface area contributed by atoms with Gasteiger partial charge in [0.25, 0.3) is 0 Å². The summed E-state index contributed by atoms with van der Waals surface area (Å²) in [5.74, 6) is -0.0295. The first-order valence-electron chi connectivity index (χ1n) is 9.35. The lowest BCUT2D eigenvalue weighted by atomic mass is 10.1. The van der Waals surface area contributed by atoms with Crippen LogP contribution < -0.4 is 0 Å². The number of nitriles is 1. The van der Waals surface area contributed by atoms with Crippen molar-refractivity contribution in [3.63, 3.8) is 0 Å². The molecule has 1 heterocycles. The van der Waals surface area contributed by atoms with E-state index < -0.39 is 0 Å². The van der Waals surface area contributed by atoms with E-state index in [2.05, 4.69) is 11.0 Å². The average Bonchev–Trinajstić information content (AvgIpc) is 2.68. The number of halogens is 1. The first-order valence-corrected chi connectivity index (χ1v) is 9.72. The van der Waals surface area contributed by atoms with Crippen LogP contribution in [0.25, 0.3) is 0 Å². The van der Waals surface area contributed by atoms with Gasteiger partial charge in [0.05, 0.1) is 25.0 Å². The molecule has 1 unspecified atom stereocenters. The van der Waals surface area contributed by atoms with E-state index in [0.29, 0.717) is 57.3 Å². The van der Waals surface area contributed by atoms with Gasteiger partial charge in [-0.2, -0.15) is 5.26 Å². The zero-order valence-corrected chi connectivity index (χ0v) is 16.8. The van der Waals surface area contributed by atoms with Crippen molar-refractivity contribution < 1.29 is 9.59 Å². The van der Waals surface area contributed by atoms with E-state index in [0.717, 1.165) is 5.56 Å². The largest absolute Gasteiger partial charge is 0.341 e. The molecule has 7 heteroatoms. The van der Waals surface area contributed by atoms with Crippen LogP contribution in [-0.2, 0) is 16.0 Å². The van der Waals surface area contributed by atoms with E-state index in [9.17, 15) is 9.59 Å². The Bertz CT molecular complexity index is 678. The number of hydrogen-bond donors (Lipinski definition) is 0. The van der Waals surface area contributed by atoms with E-state index in [1.165, 1.54) is 0 Å². The van der Waals surface area contributed by atoms with Crippen molar-refractivity contribution in [2.75, 3.05) is 45.8 Å². The Kier molecular flexibility index (Phi) is 8.08. The summed E-state index contributed by atoms with van der Waals surface area (Å²) in [7, 11) is 0. The molecule has 1 aromatic rings. The van der Waals surface area contributed by atoms with Crippen molar-refractivity contribution in [1.82, 2.24) is 14.7 Å². The van der Waals surface area contributed by atoms with Crippen molar-refractivity contribution in [3.8, 4) is 6.07 Å². The molecule has 1 saturated heterocycles. The highest BCUT2D eigenvalue weighted by Gasteiger charge is 2.24. The van der Waals surface area contributed by atoms with Crippen LogP contribution >= 0.6 is 11.6 Å². The Balaban J connectivity index is 1.78. The summed E-state index contributed by atoms with van der Waals surface area (Å²) < 4.78 is 0. The van der Waals surface area contributed by atoms with Gasteiger partial charge in [-0.1, -0.05) is 23.7 Å². The molecule has 2 rings (SSSR count). The molecule has 1 fully saturated rings. The number of carbonyl (C=O) groups is 2. The molecule has 146 valence electrons. The lowest BCUT2D eigenvalue weighted by molar-refractivity contribution is -0.134. The van der Waals surface area contributed by atoms with Crippen LogP contribution in [0.3, 0.4) is 0 Å². The number of benzene rings is 1. The summed E-state index contributed by atoms with van der Waals surface area (Å²) in [5, 5.41) is 9.60. The molecule has 1 aliphatic heterocycles. The van der Waals surface area contributed by atoms with E-state index in [1.807, 2.05) is 30.9 Å². The number of carbonyl (C=O) groups excluding carboxylic acids is 2. The Morgan fingerprint density at radius 2 is 1.85 bits per heavy atom. The molecule has 0 aromatic heterocycles. The van der Waals surface area contributed by atoms with Gasteiger partial charge in [0.2, 0.25) is 11.8 Å². The van der Waals surface area contributed by atoms with Crippen LogP contribution in [0.15, 0.2) is 24.3 Å². The number of rotatable bonds is 7. The number of likely N-dealkylation sites (N-methyl/N-ethyl adjacent to an activating group) is 1. The van der Waals surface area contributed by atoms with Crippen LogP contribution in [0.5, 0.6) is 0 Å². The van der Waals surface area contributed by atoms with Gasteiger partial charge in [-0.3, -0.25) is 14.5 Å². The number of piperazine rings is 1. The van der Waals surface area contributed by atoms with Gasteiger partial charge < -0.3 is 9.80 Å². The molecule has 0 radical (unpaired) electrons. The second-order valence-corrected chi connectivity index (χ2v) is 7.36. The third-order valence-corrected chi connectivity index (χ3v) is 5.05. The topological polar surface area (TPSA) is 67.7 Å². The van der Waals surface area contributed by atoms with Crippen LogP contribution in [0.4, 0.5) is 0 Å². The molecule has 6 nitrogen and oxygen atoms in total. The van der Waals surface area contributed by atoms with Gasteiger partial charge >= 0.3 is 0 Å². The van der Waals surface area contributed by atoms with Crippen LogP contribution in [0.1, 0.15) is 19.4 Å². The molecule has 27 heavy (non-hydrogen) atoms. The van der Waals surface area contributed by atoms with Crippen LogP contribution in [-0.4, -0.2) is 72.3 Å². The zero-order valence-electron chi connectivity index (χ0n) is 16.0. The Labute approximate surface area is 166 Å². The van der Waals surface area contributed by atoms with Crippen molar-refractivity contribution >= 4 is 23.4 Å². The molecular formula is C20H27ClN4O2. The van der Waals surface area contributed by atoms with Gasteiger partial charge in [0, 0.05) is 44.3 Å². The lowest BCUT2D eigenvalue weighted by Gasteiger charge is -2.35. The smallest absolute Gasteiger partial charge is 0.236 e. The maximum Gasteiger partial charge on any atom is 0.236 e. The summed E-state index contributed by atoms with van der Waals surface area (Å²) in [5.41, 5.74) is 0.951. The van der Waals surface area contributed by atoms with Gasteiger partial charge in [0.15, 0.2) is 0 Å². The number of amides is 2. The lowest BCUT2D eigenvalue weighted by Crippen LogP contribution is -2.52. The molecule has 2 amide bonds. The minimum absolute atomic E-state index is 0.0422. The normalized spacial score (nSPS) is 15.9. The fourth-order valence-corrected chi connectivity index (χ4v) is 3.24. The van der Waals surface area contributed by atoms with Crippen molar-refractivity contribution in [3.05, 3.63) is 34.9 Å². The van der Waals surface area contributed by atoms with Gasteiger partial charge in [-0.15, -0.1) is 0 Å². The highest BCUT2D eigenvalue weighted by Crippen LogP contribution is 2.12. The second-order valence-electron chi connectivity index (χ2n) is 6.92. The Morgan fingerprint density at radius 1 is 1.22 bits per heavy atom. The number of hydrogen-bond acceptors (Lipinski definition) is 4. The van der Waals surface area contributed by atoms with E-state index in [1.54, 1.807) is 17.0 Å². The monoisotopic (exact) mass is 390 g/mol. The maximum atomic E-state index is 12.5. The summed E-state index contributed by atoms with van der Waals surface area (Å²) in [6.45, 7) is 7.77. The molecule has 0 bridgehead atoms. The predicted octanol–water partition coefficient (Wildman–Crippen LogP) is 2.03. The number of nitrogens with zero attached hydrogens (tertiary/aromatic N) is 4. The second kappa shape index (κ2) is 10.3. The van der Waals surface area contributed by atoms with Crippen molar-refractivity contribution in [2.24, 2.45) is 5.92 Å². The third kappa shape index (κ3) is 6.53. The van der Waals surface area contributed by atoms with Crippen molar-refractivity contribution in [2.45, 2.75) is 20.3 Å². The molecule has 1 aromatic carbocycles. The average molecular weight is 391 g/mol. The zero-order chi connectivity index (χ0) is 19.8. The van der Waals surface area contributed by atoms with E-state index in [-0.39, 0.29) is 17.7 Å². The van der Waals surface area contributed by atoms with Gasteiger partial charge in [0.1, 0.15) is 0 Å². The fraction of sp³-hybridized carbons (Fsp3) is 0.550. The molecular weight excluding hydrogens is 364 g/mol. The summed E-state index contributed by atoms with van der Waals surface area (Å²) >= 11 is 5.88. The SMILES string of the molecule is CCN(CC(C)C#N)C(=O)CN1CCN(C(=O)Cc2ccc(Cl)cc2)CC1. The molecule has 0 spiro atoms. The van der Waals surface area contributed by atoms with Crippen LogP contribution in [0.2, 0.25) is 5.02 Å². The molecule has 0 N–H and O–H groups in total. The first-order chi connectivity index (χ1) is 12.9. The molecule has 1 atom stereocenters. The first kappa shape index (κ1) is 21.2. The fourth-order valence-electron chi connectivity index (χ4n) is 3.11. The maximum absolute atomic E-state index is 12.5. The minimum atomic E-state index is -0.170. The minimum Gasteiger partial charge on any atom is -0.341 e. The van der Waals surface area contributed by atoms with Gasteiger partial charge in [-0.25, -0.2) is 0 Å². The quantitative estimate of drug-likeness (QED) is 0.714. The predicted molar refractivity (Wildman–Crippen MR) is 105 cm³/mol. The van der Waals surface area contributed by atoms with Crippen molar-refractivity contribution in [1.29, 1.82) is 5.26 Å².